The minimum Gasteiger partial charge on any atom is -0.193 e. The summed E-state index contributed by atoms with van der Waals surface area (Å²) in [6, 6.07) is 6.51. The Bertz CT molecular complexity index is 609. The van der Waals surface area contributed by atoms with Gasteiger partial charge in [0.05, 0.1) is 17.2 Å². The summed E-state index contributed by atoms with van der Waals surface area (Å²) in [4.78, 5) is 0.561. The Kier molecular flexibility index (Phi) is 2.98. The minimum absolute atomic E-state index is 0.178. The van der Waals surface area contributed by atoms with Crippen LogP contribution in [0.1, 0.15) is 4.88 Å². The zero-order valence-corrected chi connectivity index (χ0v) is 9.64. The first-order valence-electron chi connectivity index (χ1n) is 4.86. The molecule has 0 aliphatic heterocycles. The van der Waals surface area contributed by atoms with Crippen LogP contribution in [0.5, 0.6) is 0 Å². The van der Waals surface area contributed by atoms with Gasteiger partial charge in [-0.2, -0.15) is 23.7 Å². The van der Waals surface area contributed by atoms with Crippen LogP contribution in [-0.4, -0.2) is 6.18 Å². The van der Waals surface area contributed by atoms with E-state index in [1.54, 1.807) is 23.6 Å². The van der Waals surface area contributed by atoms with Crippen molar-refractivity contribution in [3.8, 4) is 12.1 Å². The maximum atomic E-state index is 12.8. The molecule has 0 fully saturated rings. The number of rotatable bonds is 1. The van der Waals surface area contributed by atoms with E-state index in [-0.39, 0.29) is 11.1 Å². The number of alkyl halides is 3. The molecule has 1 heterocycles. The molecule has 2 nitrogen and oxygen atoms in total. The van der Waals surface area contributed by atoms with Crippen molar-refractivity contribution >= 4 is 16.9 Å². The number of nitriles is 2. The zero-order valence-electron chi connectivity index (χ0n) is 8.82. The lowest BCUT2D eigenvalue weighted by atomic mass is 10.0. The van der Waals surface area contributed by atoms with Gasteiger partial charge in [0.15, 0.2) is 0 Å². The van der Waals surface area contributed by atoms with Crippen LogP contribution in [-0.2, 0) is 0 Å². The van der Waals surface area contributed by atoms with Gasteiger partial charge in [0.2, 0.25) is 0 Å². The molecule has 0 radical (unpaired) electrons. The summed E-state index contributed by atoms with van der Waals surface area (Å²) < 4.78 is 38.4. The Hall–Kier alpha value is -2.05. The molecule has 0 spiro atoms. The van der Waals surface area contributed by atoms with E-state index < -0.39 is 17.7 Å². The minimum atomic E-state index is -4.55. The van der Waals surface area contributed by atoms with Crippen LogP contribution in [0.4, 0.5) is 13.2 Å². The molecule has 1 aromatic rings. The first kappa shape index (κ1) is 12.4. The second kappa shape index (κ2) is 4.32. The van der Waals surface area contributed by atoms with Crippen LogP contribution in [0.15, 0.2) is 34.7 Å². The largest absolute Gasteiger partial charge is 0.399 e. The molecule has 0 saturated carbocycles. The molecule has 0 N–H and O–H groups in total. The summed E-state index contributed by atoms with van der Waals surface area (Å²) in [5.74, 6) is -1.98. The van der Waals surface area contributed by atoms with Crippen molar-refractivity contribution in [1.82, 2.24) is 0 Å². The average Bonchev–Trinajstić information content (AvgIpc) is 2.93. The highest BCUT2D eigenvalue weighted by atomic mass is 32.1. The van der Waals surface area contributed by atoms with Gasteiger partial charge in [0.1, 0.15) is 12.0 Å². The number of nitrogens with zero attached hydrogens (tertiary/aromatic N) is 2. The van der Waals surface area contributed by atoms with E-state index in [1.807, 2.05) is 0 Å². The highest BCUT2D eigenvalue weighted by Crippen LogP contribution is 2.45. The highest BCUT2D eigenvalue weighted by Gasteiger charge is 2.46. The maximum Gasteiger partial charge on any atom is 0.399 e. The lowest BCUT2D eigenvalue weighted by Crippen LogP contribution is -2.21. The molecule has 1 aliphatic carbocycles. The first-order valence-corrected chi connectivity index (χ1v) is 5.74. The molecule has 0 amide bonds. The quantitative estimate of drug-likeness (QED) is 0.778. The Morgan fingerprint density at radius 1 is 1.22 bits per heavy atom. The Morgan fingerprint density at radius 2 is 1.94 bits per heavy atom. The highest BCUT2D eigenvalue weighted by molar-refractivity contribution is 7.11. The predicted octanol–water partition coefficient (Wildman–Crippen LogP) is 3.67. The van der Waals surface area contributed by atoms with Gasteiger partial charge in [-0.05, 0) is 11.4 Å². The number of allylic oxidation sites excluding steroid dienone is 4. The van der Waals surface area contributed by atoms with Gasteiger partial charge in [-0.1, -0.05) is 12.1 Å². The molecule has 18 heavy (non-hydrogen) atoms. The summed E-state index contributed by atoms with van der Waals surface area (Å²) in [6.07, 6.45) is -3.60. The van der Waals surface area contributed by atoms with Gasteiger partial charge in [-0.25, -0.2) is 0 Å². The van der Waals surface area contributed by atoms with E-state index >= 15 is 0 Å². The predicted molar refractivity (Wildman–Crippen MR) is 60.1 cm³/mol. The van der Waals surface area contributed by atoms with Crippen molar-refractivity contribution in [2.24, 2.45) is 5.92 Å². The molecule has 90 valence electrons. The van der Waals surface area contributed by atoms with Crippen LogP contribution < -0.4 is 0 Å². The normalized spacial score (nSPS) is 19.4. The Morgan fingerprint density at radius 3 is 2.39 bits per heavy atom. The third kappa shape index (κ3) is 1.92. The Balaban J connectivity index is 2.59. The van der Waals surface area contributed by atoms with Crippen molar-refractivity contribution in [3.05, 3.63) is 39.6 Å². The van der Waals surface area contributed by atoms with E-state index in [2.05, 4.69) is 0 Å². The lowest BCUT2D eigenvalue weighted by Gasteiger charge is -2.12. The van der Waals surface area contributed by atoms with Crippen molar-refractivity contribution in [3.63, 3.8) is 0 Å². The van der Waals surface area contributed by atoms with Crippen LogP contribution in [0.2, 0.25) is 0 Å². The monoisotopic (exact) mass is 266 g/mol. The van der Waals surface area contributed by atoms with Gasteiger partial charge in [0.25, 0.3) is 0 Å². The second-order valence-corrected chi connectivity index (χ2v) is 4.54. The standard InChI is InChI=1S/C12H5F3N2S/c13-12(14,15)10-4-7(11-2-1-3-18-11)8(5-16)9(10)6-17/h1-4,10H. The Labute approximate surface area is 105 Å². The van der Waals surface area contributed by atoms with Gasteiger partial charge < -0.3 is 0 Å². The van der Waals surface area contributed by atoms with E-state index in [4.69, 9.17) is 10.5 Å². The van der Waals surface area contributed by atoms with Gasteiger partial charge in [-0.3, -0.25) is 0 Å². The first-order chi connectivity index (χ1) is 8.49. The average molecular weight is 266 g/mol. The summed E-state index contributed by atoms with van der Waals surface area (Å²) in [7, 11) is 0. The number of hydrogen-bond acceptors (Lipinski definition) is 3. The van der Waals surface area contributed by atoms with Crippen molar-refractivity contribution < 1.29 is 13.2 Å². The molecule has 2 rings (SSSR count). The zero-order chi connectivity index (χ0) is 13.3. The lowest BCUT2D eigenvalue weighted by molar-refractivity contribution is -0.150. The molecule has 1 aliphatic rings. The molecule has 6 heteroatoms. The van der Waals surface area contributed by atoms with Gasteiger partial charge in [-0.15, -0.1) is 11.3 Å². The molecular weight excluding hydrogens is 261 g/mol. The number of hydrogen-bond donors (Lipinski definition) is 0. The smallest absolute Gasteiger partial charge is 0.193 e. The van der Waals surface area contributed by atoms with Crippen LogP contribution >= 0.6 is 11.3 Å². The van der Waals surface area contributed by atoms with E-state index in [9.17, 15) is 13.2 Å². The molecule has 1 unspecified atom stereocenters. The van der Waals surface area contributed by atoms with Crippen LogP contribution in [0.25, 0.3) is 5.57 Å². The fourth-order valence-electron chi connectivity index (χ4n) is 1.78. The molecule has 0 aromatic carbocycles. The third-order valence-electron chi connectivity index (χ3n) is 2.55. The maximum absolute atomic E-state index is 12.8. The van der Waals surface area contributed by atoms with Crippen molar-refractivity contribution in [1.29, 1.82) is 10.5 Å². The summed E-state index contributed by atoms with van der Waals surface area (Å²) >= 11 is 1.23. The van der Waals surface area contributed by atoms with E-state index in [0.717, 1.165) is 6.08 Å². The second-order valence-electron chi connectivity index (χ2n) is 3.59. The van der Waals surface area contributed by atoms with Crippen LogP contribution in [0, 0.1) is 28.6 Å². The van der Waals surface area contributed by atoms with Crippen molar-refractivity contribution in [2.75, 3.05) is 0 Å². The van der Waals surface area contributed by atoms with Gasteiger partial charge >= 0.3 is 6.18 Å². The summed E-state index contributed by atoms with van der Waals surface area (Å²) in [6.45, 7) is 0. The number of halogens is 3. The molecule has 1 aromatic heterocycles. The van der Waals surface area contributed by atoms with E-state index in [0.29, 0.717) is 4.88 Å². The summed E-state index contributed by atoms with van der Waals surface area (Å²) in [5, 5.41) is 19.5. The van der Waals surface area contributed by atoms with Crippen molar-refractivity contribution in [2.45, 2.75) is 6.18 Å². The fourth-order valence-corrected chi connectivity index (χ4v) is 2.53. The molecule has 0 saturated heterocycles. The SMILES string of the molecule is N#CC1=C(C#N)C(C(F)(F)F)C=C1c1cccs1. The van der Waals surface area contributed by atoms with Gasteiger partial charge in [0, 0.05) is 10.5 Å². The molecular formula is C12H5F3N2S. The topological polar surface area (TPSA) is 47.6 Å². The van der Waals surface area contributed by atoms with Crippen LogP contribution in [0.3, 0.4) is 0 Å². The molecule has 0 bridgehead atoms. The third-order valence-corrected chi connectivity index (χ3v) is 3.46. The number of thiophene rings is 1. The van der Waals surface area contributed by atoms with E-state index in [1.165, 1.54) is 17.4 Å². The molecule has 1 atom stereocenters. The summed E-state index contributed by atoms with van der Waals surface area (Å²) in [5.41, 5.74) is -0.498. The fraction of sp³-hybridized carbons (Fsp3) is 0.167.